The molecule has 0 aliphatic carbocycles. The van der Waals surface area contributed by atoms with Gasteiger partial charge >= 0.3 is 0 Å². The molecule has 2 rings (SSSR count). The van der Waals surface area contributed by atoms with Crippen molar-refractivity contribution in [2.24, 2.45) is 5.92 Å². The lowest BCUT2D eigenvalue weighted by Gasteiger charge is -2.12. The van der Waals surface area contributed by atoms with Crippen molar-refractivity contribution in [3.05, 3.63) is 64.7 Å². The van der Waals surface area contributed by atoms with Gasteiger partial charge in [-0.05, 0) is 66.7 Å². The van der Waals surface area contributed by atoms with E-state index in [4.69, 9.17) is 28.6 Å². The fourth-order valence-electron chi connectivity index (χ4n) is 1.96. The van der Waals surface area contributed by atoms with E-state index in [1.807, 2.05) is 0 Å². The van der Waals surface area contributed by atoms with Crippen LogP contribution in [-0.2, 0) is 0 Å². The van der Waals surface area contributed by atoms with Gasteiger partial charge < -0.3 is 4.74 Å². The fourth-order valence-corrected chi connectivity index (χ4v) is 2.23. The van der Waals surface area contributed by atoms with E-state index in [0.29, 0.717) is 34.4 Å². The first kappa shape index (κ1) is 20.7. The van der Waals surface area contributed by atoms with E-state index in [1.165, 1.54) is 0 Å². The zero-order chi connectivity index (χ0) is 19.8. The van der Waals surface area contributed by atoms with Crippen LogP contribution in [0.2, 0.25) is 5.02 Å². The predicted octanol–water partition coefficient (Wildman–Crippen LogP) is 3.32. The maximum atomic E-state index is 12.1. The van der Waals surface area contributed by atoms with Crippen molar-refractivity contribution in [3.8, 4) is 5.75 Å². The van der Waals surface area contributed by atoms with Crippen molar-refractivity contribution >= 4 is 40.7 Å². The van der Waals surface area contributed by atoms with Crippen LogP contribution in [0.3, 0.4) is 0 Å². The molecule has 0 unspecified atom stereocenters. The molecule has 3 N–H and O–H groups in total. The third-order valence-electron chi connectivity index (χ3n) is 3.32. The van der Waals surface area contributed by atoms with Crippen LogP contribution in [-0.4, -0.2) is 23.5 Å². The maximum absolute atomic E-state index is 12.1. The van der Waals surface area contributed by atoms with Gasteiger partial charge in [-0.25, -0.2) is 0 Å². The summed E-state index contributed by atoms with van der Waals surface area (Å²) >= 11 is 10.8. The van der Waals surface area contributed by atoms with E-state index in [0.717, 1.165) is 0 Å². The van der Waals surface area contributed by atoms with Gasteiger partial charge in [0.25, 0.3) is 11.8 Å². The molecule has 0 saturated heterocycles. The number of hydrogen-bond acceptors (Lipinski definition) is 4. The molecular weight excluding hydrogens is 386 g/mol. The van der Waals surface area contributed by atoms with Crippen molar-refractivity contribution < 1.29 is 14.3 Å². The summed E-state index contributed by atoms with van der Waals surface area (Å²) in [7, 11) is 0. The van der Waals surface area contributed by atoms with Crippen LogP contribution in [0.1, 0.15) is 34.6 Å². The van der Waals surface area contributed by atoms with Gasteiger partial charge in [0.1, 0.15) is 5.75 Å². The van der Waals surface area contributed by atoms with Gasteiger partial charge in [-0.1, -0.05) is 25.4 Å². The number of halogens is 1. The van der Waals surface area contributed by atoms with Gasteiger partial charge in [0.05, 0.1) is 6.61 Å². The predicted molar refractivity (Wildman–Crippen MR) is 109 cm³/mol. The van der Waals surface area contributed by atoms with Crippen molar-refractivity contribution in [2.45, 2.75) is 13.8 Å². The largest absolute Gasteiger partial charge is 0.493 e. The minimum absolute atomic E-state index is 0.0276. The number of carbonyl (C=O) groups is 2. The SMILES string of the molecule is CC(C)COc1ccc(C(=O)NNC(=S)NC(=O)c2ccc(Cl)cc2)cc1. The van der Waals surface area contributed by atoms with Gasteiger partial charge in [-0.2, -0.15) is 0 Å². The highest BCUT2D eigenvalue weighted by molar-refractivity contribution is 7.80. The van der Waals surface area contributed by atoms with E-state index in [2.05, 4.69) is 30.0 Å². The number of rotatable bonds is 5. The Bertz CT molecular complexity index is 808. The quantitative estimate of drug-likeness (QED) is 0.525. The second-order valence-electron chi connectivity index (χ2n) is 6.10. The number of hydrogen-bond donors (Lipinski definition) is 3. The molecule has 0 atom stereocenters. The summed E-state index contributed by atoms with van der Waals surface area (Å²) in [4.78, 5) is 24.1. The molecule has 0 bridgehead atoms. The molecule has 2 aromatic carbocycles. The van der Waals surface area contributed by atoms with Crippen molar-refractivity contribution in [3.63, 3.8) is 0 Å². The van der Waals surface area contributed by atoms with Crippen LogP contribution in [0, 0.1) is 5.92 Å². The maximum Gasteiger partial charge on any atom is 0.269 e. The average molecular weight is 406 g/mol. The summed E-state index contributed by atoms with van der Waals surface area (Å²) in [5.74, 6) is 0.304. The zero-order valence-electron chi connectivity index (χ0n) is 14.9. The first-order valence-electron chi connectivity index (χ1n) is 8.25. The summed E-state index contributed by atoms with van der Waals surface area (Å²) in [6.45, 7) is 4.72. The Labute approximate surface area is 168 Å². The molecule has 6 nitrogen and oxygen atoms in total. The number of ether oxygens (including phenoxy) is 1. The van der Waals surface area contributed by atoms with Crippen molar-refractivity contribution in [1.82, 2.24) is 16.2 Å². The molecule has 0 aromatic heterocycles. The van der Waals surface area contributed by atoms with Crippen LogP contribution >= 0.6 is 23.8 Å². The monoisotopic (exact) mass is 405 g/mol. The van der Waals surface area contributed by atoms with Crippen LogP contribution in [0.5, 0.6) is 5.75 Å². The van der Waals surface area contributed by atoms with Crippen LogP contribution in [0.4, 0.5) is 0 Å². The summed E-state index contributed by atoms with van der Waals surface area (Å²) in [6, 6.07) is 13.1. The molecule has 142 valence electrons. The molecular formula is C19H20ClN3O3S. The highest BCUT2D eigenvalue weighted by Gasteiger charge is 2.10. The Kier molecular flexibility index (Phi) is 7.57. The minimum atomic E-state index is -0.412. The molecule has 0 aliphatic heterocycles. The highest BCUT2D eigenvalue weighted by Crippen LogP contribution is 2.13. The Morgan fingerprint density at radius 3 is 2.11 bits per heavy atom. The topological polar surface area (TPSA) is 79.5 Å². The number of amides is 2. The fraction of sp³-hybridized carbons (Fsp3) is 0.211. The number of hydrazine groups is 1. The Morgan fingerprint density at radius 1 is 0.963 bits per heavy atom. The molecule has 0 spiro atoms. The lowest BCUT2D eigenvalue weighted by molar-refractivity contribution is 0.0934. The third-order valence-corrected chi connectivity index (χ3v) is 3.78. The Balaban J connectivity index is 1.81. The van der Waals surface area contributed by atoms with Gasteiger partial charge in [-0.15, -0.1) is 0 Å². The Morgan fingerprint density at radius 2 is 1.52 bits per heavy atom. The molecule has 8 heteroatoms. The number of carbonyl (C=O) groups excluding carboxylic acids is 2. The van der Waals surface area contributed by atoms with E-state index >= 15 is 0 Å². The summed E-state index contributed by atoms with van der Waals surface area (Å²) in [5.41, 5.74) is 5.74. The molecule has 0 aliphatic rings. The van der Waals surface area contributed by atoms with Crippen LogP contribution < -0.4 is 20.9 Å². The van der Waals surface area contributed by atoms with E-state index in [-0.39, 0.29) is 5.11 Å². The smallest absolute Gasteiger partial charge is 0.269 e. The molecule has 2 amide bonds. The summed E-state index contributed by atoms with van der Waals surface area (Å²) in [5, 5.41) is 2.96. The van der Waals surface area contributed by atoms with Gasteiger partial charge in [-0.3, -0.25) is 25.8 Å². The first-order chi connectivity index (χ1) is 12.8. The lowest BCUT2D eigenvalue weighted by Crippen LogP contribution is -2.48. The molecule has 0 saturated carbocycles. The van der Waals surface area contributed by atoms with Crippen molar-refractivity contribution in [2.75, 3.05) is 6.61 Å². The van der Waals surface area contributed by atoms with Crippen LogP contribution in [0.25, 0.3) is 0 Å². The third kappa shape index (κ3) is 6.88. The molecule has 0 fully saturated rings. The number of thiocarbonyl (C=S) groups is 1. The molecule has 0 heterocycles. The molecule has 27 heavy (non-hydrogen) atoms. The standard InChI is InChI=1S/C19H20ClN3O3S/c1-12(2)11-26-16-9-5-14(6-10-16)18(25)22-23-19(27)21-17(24)13-3-7-15(20)8-4-13/h3-10,12H,11H2,1-2H3,(H,22,25)(H2,21,23,24,27). The van der Waals surface area contributed by atoms with E-state index in [1.54, 1.807) is 48.5 Å². The lowest BCUT2D eigenvalue weighted by atomic mass is 10.2. The Hall–Kier alpha value is -2.64. The van der Waals surface area contributed by atoms with Crippen molar-refractivity contribution in [1.29, 1.82) is 0 Å². The highest BCUT2D eigenvalue weighted by atomic mass is 35.5. The van der Waals surface area contributed by atoms with Gasteiger partial charge in [0, 0.05) is 16.1 Å². The first-order valence-corrected chi connectivity index (χ1v) is 9.04. The number of nitrogens with one attached hydrogen (secondary N) is 3. The van der Waals surface area contributed by atoms with Crippen LogP contribution in [0.15, 0.2) is 48.5 Å². The van der Waals surface area contributed by atoms with E-state index in [9.17, 15) is 9.59 Å². The normalized spacial score (nSPS) is 10.2. The zero-order valence-corrected chi connectivity index (χ0v) is 16.5. The summed E-state index contributed by atoms with van der Waals surface area (Å²) < 4.78 is 5.57. The molecule has 2 aromatic rings. The second kappa shape index (κ2) is 9.89. The van der Waals surface area contributed by atoms with E-state index < -0.39 is 11.8 Å². The minimum Gasteiger partial charge on any atom is -0.493 e. The average Bonchev–Trinajstić information content (AvgIpc) is 2.65. The molecule has 0 radical (unpaired) electrons. The van der Waals surface area contributed by atoms with Gasteiger partial charge in [0.2, 0.25) is 0 Å². The van der Waals surface area contributed by atoms with Gasteiger partial charge in [0.15, 0.2) is 5.11 Å². The second-order valence-corrected chi connectivity index (χ2v) is 6.94. The summed E-state index contributed by atoms with van der Waals surface area (Å²) in [6.07, 6.45) is 0. The number of benzene rings is 2.